The molecule has 1 atom stereocenters. The van der Waals surface area contributed by atoms with E-state index in [4.69, 9.17) is 9.47 Å². The highest BCUT2D eigenvalue weighted by molar-refractivity contribution is 5.68. The number of hydrogen-bond donors (Lipinski definition) is 1. The predicted molar refractivity (Wildman–Crippen MR) is 79.8 cm³/mol. The summed E-state index contributed by atoms with van der Waals surface area (Å²) in [5.41, 5.74) is -1.27. The minimum Gasteiger partial charge on any atom is -0.481 e. The van der Waals surface area contributed by atoms with Crippen molar-refractivity contribution in [2.45, 2.75) is 19.2 Å². The molecule has 0 saturated carbocycles. The number of pyridine rings is 1. The predicted octanol–water partition coefficient (Wildman–Crippen LogP) is 2.73. The van der Waals surface area contributed by atoms with Gasteiger partial charge < -0.3 is 14.8 Å². The van der Waals surface area contributed by atoms with Gasteiger partial charge in [0.05, 0.1) is 18.2 Å². The molecule has 7 nitrogen and oxygen atoms in total. The largest absolute Gasteiger partial charge is 0.481 e. The second kappa shape index (κ2) is 7.77. The molecule has 0 aromatic carbocycles. The van der Waals surface area contributed by atoms with Gasteiger partial charge in [-0.15, -0.1) is 0 Å². The van der Waals surface area contributed by atoms with E-state index in [0.29, 0.717) is 0 Å². The number of nitrogens with zero attached hydrogens (tertiary/aromatic N) is 3. The van der Waals surface area contributed by atoms with Crippen LogP contribution in [0.15, 0.2) is 31.0 Å². The van der Waals surface area contributed by atoms with Crippen molar-refractivity contribution in [2.24, 2.45) is 0 Å². The Morgan fingerprint density at radius 2 is 2.00 bits per heavy atom. The molecular weight excluding hydrogens is 341 g/mol. The van der Waals surface area contributed by atoms with Crippen molar-refractivity contribution in [1.82, 2.24) is 20.3 Å². The molecule has 0 fully saturated rings. The van der Waals surface area contributed by atoms with Gasteiger partial charge in [0, 0.05) is 30.7 Å². The van der Waals surface area contributed by atoms with E-state index in [-0.39, 0.29) is 23.6 Å². The molecule has 0 saturated heterocycles. The average molecular weight is 356 g/mol. The molecule has 25 heavy (non-hydrogen) atoms. The van der Waals surface area contributed by atoms with Crippen LogP contribution in [0.2, 0.25) is 0 Å². The molecule has 1 N–H and O–H groups in total. The number of halogens is 3. The number of rotatable bonds is 5. The van der Waals surface area contributed by atoms with Crippen molar-refractivity contribution >= 4 is 6.09 Å². The van der Waals surface area contributed by atoms with Gasteiger partial charge in [0.15, 0.2) is 6.10 Å². The van der Waals surface area contributed by atoms with E-state index >= 15 is 0 Å². The number of hydrogen-bond acceptors (Lipinski definition) is 6. The number of alkyl halides is 3. The maximum Gasteiger partial charge on any atom is 0.416 e. The van der Waals surface area contributed by atoms with Gasteiger partial charge >= 0.3 is 12.3 Å². The van der Waals surface area contributed by atoms with Gasteiger partial charge in [-0.2, -0.15) is 13.2 Å². The Labute approximate surface area is 141 Å². The standard InChI is InChI=1S/C15H15F3N4O3/c1-3-21-14(23)25-12(10-7-20-8-22-13(10)24-2)9-6-19-5-4-11(9)15(16,17)18/h4-8,12H,3H2,1-2H3,(H,21,23). The maximum atomic E-state index is 13.3. The van der Waals surface area contributed by atoms with E-state index in [1.165, 1.54) is 19.6 Å². The number of aromatic nitrogens is 3. The van der Waals surface area contributed by atoms with Gasteiger partial charge in [0.1, 0.15) is 6.33 Å². The van der Waals surface area contributed by atoms with E-state index in [1.807, 2.05) is 0 Å². The molecule has 0 spiro atoms. The summed E-state index contributed by atoms with van der Waals surface area (Å²) in [6.07, 6.45) is -2.62. The van der Waals surface area contributed by atoms with Gasteiger partial charge in [-0.3, -0.25) is 4.98 Å². The molecule has 10 heteroatoms. The first-order valence-corrected chi connectivity index (χ1v) is 7.18. The van der Waals surface area contributed by atoms with Gasteiger partial charge in [-0.05, 0) is 13.0 Å². The summed E-state index contributed by atoms with van der Waals surface area (Å²) in [6, 6.07) is 0.805. The van der Waals surface area contributed by atoms with E-state index in [2.05, 4.69) is 20.3 Å². The minimum atomic E-state index is -4.66. The lowest BCUT2D eigenvalue weighted by atomic mass is 10.00. The molecule has 134 valence electrons. The van der Waals surface area contributed by atoms with Gasteiger partial charge in [0.2, 0.25) is 5.88 Å². The number of carbonyl (C=O) groups excluding carboxylic acids is 1. The molecule has 0 aliphatic heterocycles. The quantitative estimate of drug-likeness (QED) is 0.887. The zero-order chi connectivity index (χ0) is 18.4. The fraction of sp³-hybridized carbons (Fsp3) is 0.333. The molecule has 0 radical (unpaired) electrons. The lowest BCUT2D eigenvalue weighted by Gasteiger charge is -2.22. The first kappa shape index (κ1) is 18.4. The normalized spacial score (nSPS) is 12.4. The van der Waals surface area contributed by atoms with Crippen LogP contribution in [0.5, 0.6) is 5.88 Å². The van der Waals surface area contributed by atoms with Crippen molar-refractivity contribution in [3.63, 3.8) is 0 Å². The highest BCUT2D eigenvalue weighted by atomic mass is 19.4. The van der Waals surface area contributed by atoms with Crippen molar-refractivity contribution in [3.8, 4) is 5.88 Å². The zero-order valence-electron chi connectivity index (χ0n) is 13.4. The fourth-order valence-electron chi connectivity index (χ4n) is 2.14. The summed E-state index contributed by atoms with van der Waals surface area (Å²) < 4.78 is 50.3. The topological polar surface area (TPSA) is 86.2 Å². The van der Waals surface area contributed by atoms with E-state index in [9.17, 15) is 18.0 Å². The molecule has 2 aromatic rings. The lowest BCUT2D eigenvalue weighted by Crippen LogP contribution is -2.27. The Morgan fingerprint density at radius 3 is 2.64 bits per heavy atom. The van der Waals surface area contributed by atoms with E-state index in [0.717, 1.165) is 18.5 Å². The molecule has 0 aliphatic carbocycles. The number of alkyl carbamates (subject to hydrolysis) is 1. The van der Waals surface area contributed by atoms with Crippen molar-refractivity contribution < 1.29 is 27.4 Å². The molecule has 2 aromatic heterocycles. The molecule has 1 unspecified atom stereocenters. The Hall–Kier alpha value is -2.91. The van der Waals surface area contributed by atoms with Crippen LogP contribution in [0.4, 0.5) is 18.0 Å². The second-order valence-electron chi connectivity index (χ2n) is 4.76. The number of amides is 1. The van der Waals surface area contributed by atoms with Crippen LogP contribution >= 0.6 is 0 Å². The fourth-order valence-corrected chi connectivity index (χ4v) is 2.14. The highest BCUT2D eigenvalue weighted by Crippen LogP contribution is 2.39. The molecular formula is C15H15F3N4O3. The van der Waals surface area contributed by atoms with Crippen LogP contribution in [0.3, 0.4) is 0 Å². The number of ether oxygens (including phenoxy) is 2. The molecule has 1 amide bonds. The third kappa shape index (κ3) is 4.34. The Morgan fingerprint density at radius 1 is 1.28 bits per heavy atom. The highest BCUT2D eigenvalue weighted by Gasteiger charge is 2.38. The van der Waals surface area contributed by atoms with Gasteiger partial charge in [0.25, 0.3) is 0 Å². The van der Waals surface area contributed by atoms with Crippen LogP contribution in [0.25, 0.3) is 0 Å². The first-order valence-electron chi connectivity index (χ1n) is 7.18. The third-order valence-corrected chi connectivity index (χ3v) is 3.16. The van der Waals surface area contributed by atoms with E-state index < -0.39 is 23.9 Å². The summed E-state index contributed by atoms with van der Waals surface area (Å²) in [5.74, 6) is -0.0127. The molecule has 0 aliphatic rings. The SMILES string of the molecule is CCNC(=O)OC(c1cnccc1C(F)(F)F)c1cncnc1OC. The minimum absolute atomic E-state index is 0.0127. The number of carbonyl (C=O) groups is 1. The Balaban J connectivity index is 2.59. The number of nitrogens with one attached hydrogen (secondary N) is 1. The average Bonchev–Trinajstić information content (AvgIpc) is 2.59. The van der Waals surface area contributed by atoms with Crippen LogP contribution in [-0.2, 0) is 10.9 Å². The second-order valence-corrected chi connectivity index (χ2v) is 4.76. The summed E-state index contributed by atoms with van der Waals surface area (Å²) in [7, 11) is 1.29. The zero-order valence-corrected chi connectivity index (χ0v) is 13.4. The third-order valence-electron chi connectivity index (χ3n) is 3.16. The van der Waals surface area contributed by atoms with Crippen molar-refractivity contribution in [3.05, 3.63) is 47.7 Å². The molecule has 0 bridgehead atoms. The Kier molecular flexibility index (Phi) is 5.73. The first-order chi connectivity index (χ1) is 11.9. The smallest absolute Gasteiger partial charge is 0.416 e. The molecule has 2 heterocycles. The lowest BCUT2D eigenvalue weighted by molar-refractivity contribution is -0.139. The van der Waals surface area contributed by atoms with Gasteiger partial charge in [-0.1, -0.05) is 0 Å². The summed E-state index contributed by atoms with van der Waals surface area (Å²) in [4.78, 5) is 23.2. The monoisotopic (exact) mass is 356 g/mol. The van der Waals surface area contributed by atoms with Crippen LogP contribution in [-0.4, -0.2) is 34.7 Å². The Bertz CT molecular complexity index is 740. The summed E-state index contributed by atoms with van der Waals surface area (Å²) >= 11 is 0. The van der Waals surface area contributed by atoms with Crippen molar-refractivity contribution in [1.29, 1.82) is 0 Å². The maximum absolute atomic E-state index is 13.3. The van der Waals surface area contributed by atoms with Crippen molar-refractivity contribution in [2.75, 3.05) is 13.7 Å². The number of methoxy groups -OCH3 is 1. The van der Waals surface area contributed by atoms with Crippen LogP contribution in [0.1, 0.15) is 29.7 Å². The van der Waals surface area contributed by atoms with Crippen LogP contribution < -0.4 is 10.1 Å². The van der Waals surface area contributed by atoms with Crippen LogP contribution in [0, 0.1) is 0 Å². The summed E-state index contributed by atoms with van der Waals surface area (Å²) in [5, 5.41) is 2.37. The van der Waals surface area contributed by atoms with E-state index in [1.54, 1.807) is 6.92 Å². The molecule has 2 rings (SSSR count). The van der Waals surface area contributed by atoms with Gasteiger partial charge in [-0.25, -0.2) is 14.8 Å². The summed E-state index contributed by atoms with van der Waals surface area (Å²) in [6.45, 7) is 1.89.